The van der Waals surface area contributed by atoms with Crippen molar-refractivity contribution in [3.05, 3.63) is 59.5 Å². The van der Waals surface area contributed by atoms with E-state index in [1.165, 1.54) is 6.26 Å². The zero-order valence-corrected chi connectivity index (χ0v) is 11.2. The molecule has 1 aromatic heterocycles. The highest BCUT2D eigenvalue weighted by Crippen LogP contribution is 2.03. The molecule has 0 aliphatic carbocycles. The van der Waals surface area contributed by atoms with Gasteiger partial charge in [0.25, 0.3) is 11.8 Å². The van der Waals surface area contributed by atoms with Gasteiger partial charge in [0.1, 0.15) is 0 Å². The second-order valence-electron chi connectivity index (χ2n) is 4.36. The number of rotatable bonds is 5. The van der Waals surface area contributed by atoms with E-state index in [2.05, 4.69) is 10.6 Å². The van der Waals surface area contributed by atoms with Gasteiger partial charge in [0.2, 0.25) is 0 Å². The van der Waals surface area contributed by atoms with Gasteiger partial charge in [0, 0.05) is 18.7 Å². The molecule has 2 rings (SSSR count). The minimum atomic E-state index is -0.292. The standard InChI is InChI=1S/C15H16N2O3/c1-11-4-2-5-12(10-11)14(18)16-7-8-17-15(19)13-6-3-9-20-13/h2-6,9-10H,7-8H2,1H3,(H,16,18)(H,17,19). The second-order valence-corrected chi connectivity index (χ2v) is 4.36. The molecule has 5 nitrogen and oxygen atoms in total. The first-order chi connectivity index (χ1) is 9.66. The molecular weight excluding hydrogens is 256 g/mol. The summed E-state index contributed by atoms with van der Waals surface area (Å²) < 4.78 is 4.96. The first-order valence-corrected chi connectivity index (χ1v) is 6.33. The van der Waals surface area contributed by atoms with E-state index in [0.29, 0.717) is 18.7 Å². The molecule has 0 saturated heterocycles. The van der Waals surface area contributed by atoms with Gasteiger partial charge in [-0.1, -0.05) is 17.7 Å². The van der Waals surface area contributed by atoms with E-state index in [1.807, 2.05) is 25.1 Å². The van der Waals surface area contributed by atoms with Crippen molar-refractivity contribution in [2.75, 3.05) is 13.1 Å². The second kappa shape index (κ2) is 6.56. The number of carbonyl (C=O) groups excluding carboxylic acids is 2. The van der Waals surface area contributed by atoms with Crippen molar-refractivity contribution in [1.82, 2.24) is 10.6 Å². The summed E-state index contributed by atoms with van der Waals surface area (Å²) in [5.41, 5.74) is 1.64. The van der Waals surface area contributed by atoms with Crippen molar-refractivity contribution in [3.8, 4) is 0 Å². The number of hydrogen-bond donors (Lipinski definition) is 2. The maximum absolute atomic E-state index is 11.8. The van der Waals surface area contributed by atoms with Gasteiger partial charge < -0.3 is 15.1 Å². The van der Waals surface area contributed by atoms with Crippen molar-refractivity contribution in [2.45, 2.75) is 6.92 Å². The van der Waals surface area contributed by atoms with E-state index in [4.69, 9.17) is 4.42 Å². The lowest BCUT2D eigenvalue weighted by molar-refractivity contribution is 0.0910. The third kappa shape index (κ3) is 3.71. The van der Waals surface area contributed by atoms with Crippen LogP contribution < -0.4 is 10.6 Å². The fourth-order valence-corrected chi connectivity index (χ4v) is 1.74. The molecule has 0 radical (unpaired) electrons. The highest BCUT2D eigenvalue weighted by molar-refractivity contribution is 5.94. The summed E-state index contributed by atoms with van der Waals surface area (Å²) in [5.74, 6) is -0.184. The number of benzene rings is 1. The Bertz CT molecular complexity index is 591. The molecule has 0 aliphatic heterocycles. The maximum atomic E-state index is 11.8. The van der Waals surface area contributed by atoms with E-state index in [1.54, 1.807) is 18.2 Å². The quantitative estimate of drug-likeness (QED) is 0.814. The van der Waals surface area contributed by atoms with Crippen molar-refractivity contribution in [2.24, 2.45) is 0 Å². The van der Waals surface area contributed by atoms with Crippen LogP contribution in [0.3, 0.4) is 0 Å². The Morgan fingerprint density at radius 3 is 2.45 bits per heavy atom. The zero-order valence-electron chi connectivity index (χ0n) is 11.2. The summed E-state index contributed by atoms with van der Waals surface area (Å²) in [6.07, 6.45) is 1.44. The lowest BCUT2D eigenvalue weighted by Crippen LogP contribution is -2.34. The number of hydrogen-bond acceptors (Lipinski definition) is 3. The van der Waals surface area contributed by atoms with Crippen LogP contribution in [0.25, 0.3) is 0 Å². The fourth-order valence-electron chi connectivity index (χ4n) is 1.74. The Balaban J connectivity index is 1.73. The Hall–Kier alpha value is -2.56. The molecular formula is C15H16N2O3. The summed E-state index contributed by atoms with van der Waals surface area (Å²) in [6.45, 7) is 2.64. The molecule has 0 fully saturated rings. The van der Waals surface area contributed by atoms with Crippen molar-refractivity contribution < 1.29 is 14.0 Å². The molecule has 0 spiro atoms. The maximum Gasteiger partial charge on any atom is 0.287 e. The molecule has 5 heteroatoms. The van der Waals surface area contributed by atoms with Gasteiger partial charge in [-0.2, -0.15) is 0 Å². The molecule has 20 heavy (non-hydrogen) atoms. The number of amides is 2. The molecule has 2 amide bonds. The molecule has 0 bridgehead atoms. The lowest BCUT2D eigenvalue weighted by Gasteiger charge is -2.06. The van der Waals surface area contributed by atoms with Gasteiger partial charge in [-0.3, -0.25) is 9.59 Å². The van der Waals surface area contributed by atoms with Crippen molar-refractivity contribution >= 4 is 11.8 Å². The minimum absolute atomic E-state index is 0.152. The Morgan fingerprint density at radius 2 is 1.80 bits per heavy atom. The van der Waals surface area contributed by atoms with Gasteiger partial charge >= 0.3 is 0 Å². The van der Waals surface area contributed by atoms with Crippen LogP contribution in [-0.2, 0) is 0 Å². The molecule has 1 heterocycles. The van der Waals surface area contributed by atoms with E-state index < -0.39 is 0 Å². The predicted octanol–water partition coefficient (Wildman–Crippen LogP) is 1.75. The van der Waals surface area contributed by atoms with E-state index >= 15 is 0 Å². The topological polar surface area (TPSA) is 71.3 Å². The zero-order chi connectivity index (χ0) is 14.4. The summed E-state index contributed by atoms with van der Waals surface area (Å²) in [6, 6.07) is 10.6. The fraction of sp³-hybridized carbons (Fsp3) is 0.200. The highest BCUT2D eigenvalue weighted by atomic mass is 16.3. The molecule has 0 aliphatic rings. The molecule has 0 saturated carbocycles. The average Bonchev–Trinajstić information content (AvgIpc) is 2.97. The third-order valence-electron chi connectivity index (χ3n) is 2.72. The van der Waals surface area contributed by atoms with Crippen LogP contribution in [0.15, 0.2) is 47.1 Å². The van der Waals surface area contributed by atoms with Crippen molar-refractivity contribution in [3.63, 3.8) is 0 Å². The van der Waals surface area contributed by atoms with E-state index in [0.717, 1.165) is 5.56 Å². The van der Waals surface area contributed by atoms with E-state index in [9.17, 15) is 9.59 Å². The third-order valence-corrected chi connectivity index (χ3v) is 2.72. The normalized spacial score (nSPS) is 10.1. The molecule has 2 N–H and O–H groups in total. The first-order valence-electron chi connectivity index (χ1n) is 6.33. The van der Waals surface area contributed by atoms with Crippen LogP contribution in [0.2, 0.25) is 0 Å². The lowest BCUT2D eigenvalue weighted by atomic mass is 10.1. The highest BCUT2D eigenvalue weighted by Gasteiger charge is 2.08. The Labute approximate surface area is 117 Å². The largest absolute Gasteiger partial charge is 0.459 e. The molecule has 1 aromatic carbocycles. The molecule has 0 unspecified atom stereocenters. The molecule has 0 atom stereocenters. The van der Waals surface area contributed by atoms with Gasteiger partial charge in [0.15, 0.2) is 5.76 Å². The van der Waals surface area contributed by atoms with Gasteiger partial charge in [-0.25, -0.2) is 0 Å². The van der Waals surface area contributed by atoms with Gasteiger partial charge in [0.05, 0.1) is 6.26 Å². The number of aryl methyl sites for hydroxylation is 1. The SMILES string of the molecule is Cc1cccc(C(=O)NCCNC(=O)c2ccco2)c1. The summed E-state index contributed by atoms with van der Waals surface area (Å²) in [4.78, 5) is 23.4. The number of furan rings is 1. The van der Waals surface area contributed by atoms with Gasteiger partial charge in [-0.15, -0.1) is 0 Å². The van der Waals surface area contributed by atoms with Crippen LogP contribution >= 0.6 is 0 Å². The van der Waals surface area contributed by atoms with Crippen LogP contribution in [0.1, 0.15) is 26.5 Å². The summed E-state index contributed by atoms with van der Waals surface area (Å²) >= 11 is 0. The van der Waals surface area contributed by atoms with Crippen LogP contribution in [0.4, 0.5) is 0 Å². The number of carbonyl (C=O) groups is 2. The van der Waals surface area contributed by atoms with E-state index in [-0.39, 0.29) is 17.6 Å². The van der Waals surface area contributed by atoms with Gasteiger partial charge in [-0.05, 0) is 31.2 Å². The summed E-state index contributed by atoms with van der Waals surface area (Å²) in [7, 11) is 0. The first kappa shape index (κ1) is 13.9. The van der Waals surface area contributed by atoms with Crippen molar-refractivity contribution in [1.29, 1.82) is 0 Å². The monoisotopic (exact) mass is 272 g/mol. The predicted molar refractivity (Wildman–Crippen MR) is 74.6 cm³/mol. The van der Waals surface area contributed by atoms with Crippen LogP contribution in [0, 0.1) is 6.92 Å². The van der Waals surface area contributed by atoms with Crippen LogP contribution in [0.5, 0.6) is 0 Å². The minimum Gasteiger partial charge on any atom is -0.459 e. The Kier molecular flexibility index (Phi) is 4.55. The smallest absolute Gasteiger partial charge is 0.287 e. The molecule has 104 valence electrons. The van der Waals surface area contributed by atoms with Crippen LogP contribution in [-0.4, -0.2) is 24.9 Å². The Morgan fingerprint density at radius 1 is 1.05 bits per heavy atom. The summed E-state index contributed by atoms with van der Waals surface area (Å²) in [5, 5.41) is 5.40. The average molecular weight is 272 g/mol. The molecule has 2 aromatic rings. The number of nitrogens with one attached hydrogen (secondary N) is 2.